The summed E-state index contributed by atoms with van der Waals surface area (Å²) in [5, 5.41) is 10.7. The van der Waals surface area contributed by atoms with Gasteiger partial charge in [0.1, 0.15) is 18.5 Å². The molecule has 84 valence electrons. The summed E-state index contributed by atoms with van der Waals surface area (Å²) >= 11 is 0. The van der Waals surface area contributed by atoms with E-state index in [1.54, 1.807) is 6.07 Å². The van der Waals surface area contributed by atoms with E-state index in [-0.39, 0.29) is 11.8 Å². The van der Waals surface area contributed by atoms with Crippen LogP contribution >= 0.6 is 0 Å². The lowest BCUT2D eigenvalue weighted by molar-refractivity contribution is -0.385. The van der Waals surface area contributed by atoms with E-state index in [1.165, 1.54) is 12.1 Å². The van der Waals surface area contributed by atoms with E-state index in [0.29, 0.717) is 24.5 Å². The van der Waals surface area contributed by atoms with Gasteiger partial charge in [0.25, 0.3) is 5.69 Å². The summed E-state index contributed by atoms with van der Waals surface area (Å²) in [6.45, 7) is 0.883. The standard InChI is InChI=1S/C10H9NO5/c12-11(13)6-1-2-9-8(3-6)10-15-5-7(16-10)4-14-9/h1-3,7,10H,4-5H2. The molecule has 0 spiro atoms. The summed E-state index contributed by atoms with van der Waals surface area (Å²) in [6, 6.07) is 4.44. The smallest absolute Gasteiger partial charge is 0.270 e. The van der Waals surface area contributed by atoms with Gasteiger partial charge in [0.15, 0.2) is 6.29 Å². The number of benzene rings is 1. The van der Waals surface area contributed by atoms with Crippen molar-refractivity contribution in [3.63, 3.8) is 0 Å². The fourth-order valence-corrected chi connectivity index (χ4v) is 1.85. The monoisotopic (exact) mass is 223 g/mol. The van der Waals surface area contributed by atoms with E-state index in [1.807, 2.05) is 0 Å². The maximum absolute atomic E-state index is 10.7. The van der Waals surface area contributed by atoms with Crippen LogP contribution in [0.25, 0.3) is 0 Å². The number of hydrogen-bond donors (Lipinski definition) is 0. The van der Waals surface area contributed by atoms with Gasteiger partial charge in [-0.15, -0.1) is 0 Å². The number of fused-ring (bicyclic) bond motifs is 4. The molecule has 2 bridgehead atoms. The Morgan fingerprint density at radius 1 is 1.38 bits per heavy atom. The summed E-state index contributed by atoms with van der Waals surface area (Å²) in [5.74, 6) is 0.595. The first kappa shape index (κ1) is 9.56. The molecule has 16 heavy (non-hydrogen) atoms. The molecule has 1 aromatic carbocycles. The van der Waals surface area contributed by atoms with Gasteiger partial charge in [0, 0.05) is 12.1 Å². The number of rotatable bonds is 1. The quantitative estimate of drug-likeness (QED) is 0.531. The van der Waals surface area contributed by atoms with Crippen LogP contribution in [0.2, 0.25) is 0 Å². The number of non-ortho nitro benzene ring substituents is 1. The number of nitro groups is 1. The fraction of sp³-hybridized carbons (Fsp3) is 0.400. The Kier molecular flexibility index (Phi) is 2.05. The predicted octanol–water partition coefficient (Wildman–Crippen LogP) is 1.40. The summed E-state index contributed by atoms with van der Waals surface area (Å²) in [7, 11) is 0. The van der Waals surface area contributed by atoms with Gasteiger partial charge in [-0.1, -0.05) is 0 Å². The van der Waals surface area contributed by atoms with Gasteiger partial charge >= 0.3 is 0 Å². The van der Waals surface area contributed by atoms with Crippen LogP contribution in [0.1, 0.15) is 11.9 Å². The second kappa shape index (κ2) is 3.43. The van der Waals surface area contributed by atoms with Gasteiger partial charge in [0.05, 0.1) is 17.1 Å². The molecule has 6 nitrogen and oxygen atoms in total. The van der Waals surface area contributed by atoms with Gasteiger partial charge < -0.3 is 14.2 Å². The van der Waals surface area contributed by atoms with Crippen LogP contribution in [0, 0.1) is 10.1 Å². The highest BCUT2D eigenvalue weighted by molar-refractivity contribution is 5.45. The van der Waals surface area contributed by atoms with E-state index < -0.39 is 11.2 Å². The van der Waals surface area contributed by atoms with Crippen LogP contribution < -0.4 is 4.74 Å². The molecule has 2 heterocycles. The summed E-state index contributed by atoms with van der Waals surface area (Å²) in [4.78, 5) is 10.2. The first-order valence-corrected chi connectivity index (χ1v) is 4.92. The number of nitrogens with zero attached hydrogens (tertiary/aromatic N) is 1. The minimum Gasteiger partial charge on any atom is -0.490 e. The fourth-order valence-electron chi connectivity index (χ4n) is 1.85. The Balaban J connectivity index is 2.05. The second-order valence-electron chi connectivity index (χ2n) is 3.71. The molecular weight excluding hydrogens is 214 g/mol. The predicted molar refractivity (Wildman–Crippen MR) is 52.2 cm³/mol. The zero-order valence-corrected chi connectivity index (χ0v) is 8.29. The van der Waals surface area contributed by atoms with Gasteiger partial charge in [-0.2, -0.15) is 0 Å². The normalized spacial score (nSPS) is 26.8. The van der Waals surface area contributed by atoms with Crippen molar-refractivity contribution in [1.29, 1.82) is 0 Å². The third-order valence-corrected chi connectivity index (χ3v) is 2.63. The first-order chi connectivity index (χ1) is 7.74. The molecule has 0 radical (unpaired) electrons. The maximum Gasteiger partial charge on any atom is 0.270 e. The third-order valence-electron chi connectivity index (χ3n) is 2.63. The van der Waals surface area contributed by atoms with Crippen molar-refractivity contribution in [2.24, 2.45) is 0 Å². The molecule has 6 heteroatoms. The van der Waals surface area contributed by atoms with E-state index in [9.17, 15) is 10.1 Å². The van der Waals surface area contributed by atoms with Gasteiger partial charge in [-0.3, -0.25) is 10.1 Å². The lowest BCUT2D eigenvalue weighted by Crippen LogP contribution is -2.18. The van der Waals surface area contributed by atoms with E-state index >= 15 is 0 Å². The topological polar surface area (TPSA) is 70.8 Å². The highest BCUT2D eigenvalue weighted by atomic mass is 16.7. The van der Waals surface area contributed by atoms with E-state index in [4.69, 9.17) is 14.2 Å². The molecule has 2 atom stereocenters. The molecule has 2 unspecified atom stereocenters. The van der Waals surface area contributed by atoms with E-state index in [0.717, 1.165) is 0 Å². The van der Waals surface area contributed by atoms with Crippen LogP contribution in [0.5, 0.6) is 5.75 Å². The molecule has 2 aliphatic heterocycles. The molecule has 1 saturated heterocycles. The average Bonchev–Trinajstić information content (AvgIpc) is 2.65. The Hall–Kier alpha value is -1.66. The maximum atomic E-state index is 10.7. The second-order valence-corrected chi connectivity index (χ2v) is 3.71. The van der Waals surface area contributed by atoms with Crippen molar-refractivity contribution in [1.82, 2.24) is 0 Å². The molecule has 0 saturated carbocycles. The number of ether oxygens (including phenoxy) is 3. The molecule has 1 aromatic rings. The minimum absolute atomic E-state index is 0.0138. The first-order valence-electron chi connectivity index (χ1n) is 4.92. The lowest BCUT2D eigenvalue weighted by Gasteiger charge is -2.12. The van der Waals surface area contributed by atoms with Crippen molar-refractivity contribution < 1.29 is 19.1 Å². The van der Waals surface area contributed by atoms with Gasteiger partial charge in [0.2, 0.25) is 0 Å². The van der Waals surface area contributed by atoms with Crippen LogP contribution in [-0.2, 0) is 9.47 Å². The van der Waals surface area contributed by atoms with Crippen LogP contribution in [0.15, 0.2) is 18.2 Å². The molecule has 2 aliphatic rings. The van der Waals surface area contributed by atoms with Gasteiger partial charge in [-0.25, -0.2) is 0 Å². The van der Waals surface area contributed by atoms with Crippen molar-refractivity contribution in [2.45, 2.75) is 12.4 Å². The Morgan fingerprint density at radius 2 is 2.25 bits per heavy atom. The van der Waals surface area contributed by atoms with Crippen molar-refractivity contribution in [3.8, 4) is 5.75 Å². The highest BCUT2D eigenvalue weighted by Crippen LogP contribution is 2.38. The number of nitro benzene ring substituents is 1. The average molecular weight is 223 g/mol. The Labute approximate surface area is 90.9 Å². The SMILES string of the molecule is O=[N+]([O-])c1ccc2c(c1)C1OCC(CO2)O1. The Bertz CT molecular complexity index is 447. The van der Waals surface area contributed by atoms with Crippen molar-refractivity contribution in [3.05, 3.63) is 33.9 Å². The van der Waals surface area contributed by atoms with E-state index in [2.05, 4.69) is 0 Å². The van der Waals surface area contributed by atoms with Crippen LogP contribution in [-0.4, -0.2) is 24.2 Å². The minimum atomic E-state index is -0.539. The van der Waals surface area contributed by atoms with Crippen LogP contribution in [0.3, 0.4) is 0 Å². The number of hydrogen-bond acceptors (Lipinski definition) is 5. The third kappa shape index (κ3) is 1.43. The Morgan fingerprint density at radius 3 is 3.06 bits per heavy atom. The molecular formula is C10H9NO5. The molecule has 0 amide bonds. The lowest BCUT2D eigenvalue weighted by atomic mass is 10.1. The zero-order chi connectivity index (χ0) is 11.1. The zero-order valence-electron chi connectivity index (χ0n) is 8.29. The van der Waals surface area contributed by atoms with Gasteiger partial charge in [-0.05, 0) is 6.07 Å². The molecule has 0 aromatic heterocycles. The summed E-state index contributed by atoms with van der Waals surface area (Å²) < 4.78 is 16.4. The summed E-state index contributed by atoms with van der Waals surface area (Å²) in [5.41, 5.74) is 0.606. The van der Waals surface area contributed by atoms with Crippen molar-refractivity contribution in [2.75, 3.05) is 13.2 Å². The largest absolute Gasteiger partial charge is 0.490 e. The van der Waals surface area contributed by atoms with Crippen LogP contribution in [0.4, 0.5) is 5.69 Å². The molecule has 3 rings (SSSR count). The molecule has 0 aliphatic carbocycles. The highest BCUT2D eigenvalue weighted by Gasteiger charge is 2.34. The molecule has 0 N–H and O–H groups in total. The molecule has 1 fully saturated rings. The van der Waals surface area contributed by atoms with Crippen molar-refractivity contribution >= 4 is 5.69 Å². The summed E-state index contributed by atoms with van der Waals surface area (Å²) in [6.07, 6.45) is -0.626.